The van der Waals surface area contributed by atoms with E-state index in [-0.39, 0.29) is 0 Å². The molecule has 0 amide bonds. The van der Waals surface area contributed by atoms with Gasteiger partial charge < -0.3 is 15.3 Å². The minimum Gasteiger partial charge on any atom is -0.504 e. The Morgan fingerprint density at radius 2 is 1.71 bits per heavy atom. The molecule has 1 aromatic rings. The number of Topliss-reactive ketones (excluding diaryl/α,β-unsaturated/α-hetero) is 1. The molecule has 0 bridgehead atoms. The van der Waals surface area contributed by atoms with Gasteiger partial charge in [-0.05, 0) is 12.1 Å². The summed E-state index contributed by atoms with van der Waals surface area (Å²) in [6.07, 6.45) is -3.27. The predicted molar refractivity (Wildman–Crippen MR) is 41.8 cm³/mol. The van der Waals surface area contributed by atoms with E-state index in [1.54, 1.807) is 0 Å². The summed E-state index contributed by atoms with van der Waals surface area (Å²) in [5.74, 6) is -4.34. The number of aromatic hydroxyl groups is 3. The Morgan fingerprint density at radius 1 is 1.14 bits per heavy atom. The van der Waals surface area contributed by atoms with Crippen molar-refractivity contribution in [3.63, 3.8) is 0 Å². The largest absolute Gasteiger partial charge is 0.504 e. The molecule has 14 heavy (non-hydrogen) atoms. The van der Waals surface area contributed by atoms with Crippen LogP contribution in [0.2, 0.25) is 0 Å². The number of benzene rings is 1. The van der Waals surface area contributed by atoms with Gasteiger partial charge >= 0.3 is 6.43 Å². The van der Waals surface area contributed by atoms with Gasteiger partial charge in [0, 0.05) is 0 Å². The van der Waals surface area contributed by atoms with E-state index < -0.39 is 35.0 Å². The first-order valence-corrected chi connectivity index (χ1v) is 3.51. The van der Waals surface area contributed by atoms with Crippen LogP contribution in [0.1, 0.15) is 10.4 Å². The van der Waals surface area contributed by atoms with Crippen LogP contribution in [0.15, 0.2) is 12.1 Å². The topological polar surface area (TPSA) is 77.8 Å². The maximum absolute atomic E-state index is 11.9. The smallest absolute Gasteiger partial charge is 0.300 e. The van der Waals surface area contributed by atoms with Gasteiger partial charge in [-0.2, -0.15) is 0 Å². The van der Waals surface area contributed by atoms with Crippen molar-refractivity contribution in [2.45, 2.75) is 6.43 Å². The van der Waals surface area contributed by atoms with E-state index in [4.69, 9.17) is 15.3 Å². The number of hydrogen-bond donors (Lipinski definition) is 3. The summed E-state index contributed by atoms with van der Waals surface area (Å²) < 4.78 is 23.8. The van der Waals surface area contributed by atoms with Crippen molar-refractivity contribution in [2.24, 2.45) is 0 Å². The Kier molecular flexibility index (Phi) is 2.55. The van der Waals surface area contributed by atoms with Crippen molar-refractivity contribution in [1.82, 2.24) is 0 Å². The van der Waals surface area contributed by atoms with Crippen LogP contribution in [0.25, 0.3) is 0 Å². The van der Waals surface area contributed by atoms with E-state index in [1.165, 1.54) is 0 Å². The fourth-order valence-electron chi connectivity index (χ4n) is 0.885. The minimum atomic E-state index is -3.27. The van der Waals surface area contributed by atoms with Crippen LogP contribution in [0.5, 0.6) is 17.2 Å². The first kappa shape index (κ1) is 10.2. The highest BCUT2D eigenvalue weighted by molar-refractivity contribution is 6.01. The number of halogens is 2. The predicted octanol–water partition coefficient (Wildman–Crippen LogP) is 1.25. The fraction of sp³-hybridized carbons (Fsp3) is 0.125. The molecular formula is C8H6F2O4. The molecule has 0 saturated heterocycles. The molecule has 0 spiro atoms. The molecule has 0 unspecified atom stereocenters. The second-order valence-electron chi connectivity index (χ2n) is 2.49. The van der Waals surface area contributed by atoms with Gasteiger partial charge in [0.05, 0.1) is 5.56 Å². The number of phenols is 3. The number of rotatable bonds is 2. The Balaban J connectivity index is 3.24. The molecule has 0 aliphatic carbocycles. The maximum Gasteiger partial charge on any atom is 0.300 e. The van der Waals surface area contributed by atoms with Gasteiger partial charge in [-0.3, -0.25) is 4.79 Å². The van der Waals surface area contributed by atoms with Crippen LogP contribution in [0.3, 0.4) is 0 Å². The molecule has 3 N–H and O–H groups in total. The normalized spacial score (nSPS) is 10.5. The number of phenolic OH excluding ortho intramolecular Hbond substituents is 3. The molecule has 6 heteroatoms. The highest BCUT2D eigenvalue weighted by Gasteiger charge is 2.23. The lowest BCUT2D eigenvalue weighted by atomic mass is 10.1. The molecule has 4 nitrogen and oxygen atoms in total. The monoisotopic (exact) mass is 204 g/mol. The molecule has 0 aliphatic rings. The Bertz CT molecular complexity index is 376. The van der Waals surface area contributed by atoms with Crippen LogP contribution >= 0.6 is 0 Å². The molecule has 0 atom stereocenters. The summed E-state index contributed by atoms with van der Waals surface area (Å²) >= 11 is 0. The number of ketones is 1. The van der Waals surface area contributed by atoms with Crippen LogP contribution in [-0.4, -0.2) is 27.5 Å². The SMILES string of the molecule is O=C(c1ccc(O)c(O)c1O)C(F)F. The number of alkyl halides is 2. The van der Waals surface area contributed by atoms with Crippen molar-refractivity contribution in [3.8, 4) is 17.2 Å². The first-order valence-electron chi connectivity index (χ1n) is 3.51. The molecular weight excluding hydrogens is 198 g/mol. The summed E-state index contributed by atoms with van der Waals surface area (Å²) in [7, 11) is 0. The van der Waals surface area contributed by atoms with Gasteiger partial charge in [0.25, 0.3) is 0 Å². The molecule has 1 rings (SSSR count). The third-order valence-electron chi connectivity index (χ3n) is 1.59. The van der Waals surface area contributed by atoms with Crippen molar-refractivity contribution >= 4 is 5.78 Å². The van der Waals surface area contributed by atoms with E-state index in [1.807, 2.05) is 0 Å². The fourth-order valence-corrected chi connectivity index (χ4v) is 0.885. The summed E-state index contributed by atoms with van der Waals surface area (Å²) in [6.45, 7) is 0. The molecule has 0 aromatic heterocycles. The summed E-state index contributed by atoms with van der Waals surface area (Å²) in [5.41, 5.74) is -0.727. The standard InChI is InChI=1S/C8H6F2O4/c9-8(10)6(13)3-1-2-4(11)7(14)5(3)12/h1-2,8,11-12,14H. The van der Waals surface area contributed by atoms with Gasteiger partial charge in [0.2, 0.25) is 11.5 Å². The third kappa shape index (κ3) is 1.59. The average molecular weight is 204 g/mol. The van der Waals surface area contributed by atoms with Crippen molar-refractivity contribution in [1.29, 1.82) is 0 Å². The number of carbonyl (C=O) groups excluding carboxylic acids is 1. The summed E-state index contributed by atoms with van der Waals surface area (Å²) in [5, 5.41) is 26.8. The zero-order valence-electron chi connectivity index (χ0n) is 6.74. The Labute approximate surface area is 77.0 Å². The van der Waals surface area contributed by atoms with Gasteiger partial charge in [-0.25, -0.2) is 8.78 Å². The van der Waals surface area contributed by atoms with Crippen LogP contribution in [0, 0.1) is 0 Å². The van der Waals surface area contributed by atoms with Crippen LogP contribution < -0.4 is 0 Å². The molecule has 0 radical (unpaired) electrons. The van der Waals surface area contributed by atoms with E-state index >= 15 is 0 Å². The zero-order valence-corrected chi connectivity index (χ0v) is 6.74. The summed E-state index contributed by atoms with van der Waals surface area (Å²) in [6, 6.07) is 1.64. The average Bonchev–Trinajstić information content (AvgIpc) is 2.13. The molecule has 0 saturated carbocycles. The van der Waals surface area contributed by atoms with E-state index in [9.17, 15) is 13.6 Å². The van der Waals surface area contributed by atoms with Crippen LogP contribution in [-0.2, 0) is 0 Å². The molecule has 0 aliphatic heterocycles. The number of hydrogen-bond acceptors (Lipinski definition) is 4. The zero-order chi connectivity index (χ0) is 10.9. The third-order valence-corrected chi connectivity index (χ3v) is 1.59. The summed E-state index contributed by atoms with van der Waals surface area (Å²) in [4.78, 5) is 10.7. The van der Waals surface area contributed by atoms with Crippen molar-refractivity contribution < 1.29 is 28.9 Å². The van der Waals surface area contributed by atoms with Crippen LogP contribution in [0.4, 0.5) is 8.78 Å². The minimum absolute atomic E-state index is 0.687. The van der Waals surface area contributed by atoms with Gasteiger partial charge in [-0.1, -0.05) is 0 Å². The highest BCUT2D eigenvalue weighted by Crippen LogP contribution is 2.37. The lowest BCUT2D eigenvalue weighted by molar-refractivity contribution is 0.0675. The highest BCUT2D eigenvalue weighted by atomic mass is 19.3. The van der Waals surface area contributed by atoms with Gasteiger partial charge in [0.15, 0.2) is 11.5 Å². The van der Waals surface area contributed by atoms with Crippen molar-refractivity contribution in [3.05, 3.63) is 17.7 Å². The Hall–Kier alpha value is -1.85. The second kappa shape index (κ2) is 3.49. The molecule has 76 valence electrons. The Morgan fingerprint density at radius 3 is 2.21 bits per heavy atom. The quantitative estimate of drug-likeness (QED) is 0.500. The van der Waals surface area contributed by atoms with E-state index in [0.717, 1.165) is 12.1 Å². The van der Waals surface area contributed by atoms with Gasteiger partial charge in [-0.15, -0.1) is 0 Å². The second-order valence-corrected chi connectivity index (χ2v) is 2.49. The lowest BCUT2D eigenvalue weighted by Gasteiger charge is -2.05. The molecule has 0 fully saturated rings. The molecule has 0 heterocycles. The molecule has 1 aromatic carbocycles. The van der Waals surface area contributed by atoms with Gasteiger partial charge in [0.1, 0.15) is 0 Å². The number of carbonyl (C=O) groups is 1. The maximum atomic E-state index is 11.9. The lowest BCUT2D eigenvalue weighted by Crippen LogP contribution is -2.10. The van der Waals surface area contributed by atoms with Crippen molar-refractivity contribution in [2.75, 3.05) is 0 Å². The van der Waals surface area contributed by atoms with E-state index in [0.29, 0.717) is 0 Å². The first-order chi connectivity index (χ1) is 6.45. The van der Waals surface area contributed by atoms with E-state index in [2.05, 4.69) is 0 Å².